The average Bonchev–Trinajstić information content (AvgIpc) is 2.31. The van der Waals surface area contributed by atoms with E-state index in [0.29, 0.717) is 6.61 Å². The monoisotopic (exact) mass is 234 g/mol. The highest BCUT2D eigenvalue weighted by atomic mass is 16.3. The lowest BCUT2D eigenvalue weighted by Crippen LogP contribution is -2.42. The van der Waals surface area contributed by atoms with Gasteiger partial charge in [-0.1, -0.05) is 6.42 Å². The second-order valence-corrected chi connectivity index (χ2v) is 4.80. The number of aliphatic hydroxyl groups is 1. The van der Waals surface area contributed by atoms with Crippen LogP contribution in [0.5, 0.6) is 0 Å². The van der Waals surface area contributed by atoms with Crippen LogP contribution in [0.4, 0.5) is 0 Å². The van der Waals surface area contributed by atoms with E-state index in [1.165, 1.54) is 24.8 Å². The van der Waals surface area contributed by atoms with Gasteiger partial charge in [0.05, 0.1) is 0 Å². The molecule has 1 aromatic heterocycles. The fraction of sp³-hybridized carbons (Fsp3) is 0.643. The molecule has 3 nitrogen and oxygen atoms in total. The Morgan fingerprint density at radius 1 is 1.24 bits per heavy atom. The van der Waals surface area contributed by atoms with Crippen LogP contribution in [0.3, 0.4) is 0 Å². The highest BCUT2D eigenvalue weighted by Gasteiger charge is 2.23. The summed E-state index contributed by atoms with van der Waals surface area (Å²) in [5.74, 6) is 0. The van der Waals surface area contributed by atoms with Crippen molar-refractivity contribution in [2.24, 2.45) is 0 Å². The predicted molar refractivity (Wildman–Crippen MR) is 68.9 cm³/mol. The molecular weight excluding hydrogens is 212 g/mol. The van der Waals surface area contributed by atoms with Gasteiger partial charge in [0.25, 0.3) is 0 Å². The van der Waals surface area contributed by atoms with E-state index in [2.05, 4.69) is 22.0 Å². The Morgan fingerprint density at radius 3 is 2.59 bits per heavy atom. The number of pyridine rings is 1. The first-order chi connectivity index (χ1) is 8.40. The van der Waals surface area contributed by atoms with Gasteiger partial charge in [0.2, 0.25) is 0 Å². The lowest BCUT2D eigenvalue weighted by atomic mass is 9.91. The van der Waals surface area contributed by atoms with Crippen LogP contribution in [0.15, 0.2) is 24.5 Å². The van der Waals surface area contributed by atoms with Gasteiger partial charge < -0.3 is 5.11 Å². The molecule has 2 rings (SSSR count). The fourth-order valence-electron chi connectivity index (χ4n) is 2.32. The van der Waals surface area contributed by atoms with E-state index in [0.717, 1.165) is 32.0 Å². The van der Waals surface area contributed by atoms with Crippen molar-refractivity contribution in [2.45, 2.75) is 38.1 Å². The van der Waals surface area contributed by atoms with Gasteiger partial charge in [-0.2, -0.15) is 0 Å². The van der Waals surface area contributed by atoms with E-state index < -0.39 is 0 Å². The lowest BCUT2D eigenvalue weighted by molar-refractivity contribution is 0.118. The van der Waals surface area contributed by atoms with E-state index in [1.807, 2.05) is 12.4 Å². The molecule has 94 valence electrons. The second-order valence-electron chi connectivity index (χ2n) is 4.80. The lowest BCUT2D eigenvalue weighted by Gasteiger charge is -2.37. The van der Waals surface area contributed by atoms with E-state index in [9.17, 15) is 0 Å². The third-order valence-corrected chi connectivity index (χ3v) is 3.63. The van der Waals surface area contributed by atoms with Crippen LogP contribution in [0.25, 0.3) is 0 Å². The van der Waals surface area contributed by atoms with Gasteiger partial charge in [-0.25, -0.2) is 0 Å². The molecule has 0 aromatic carbocycles. The van der Waals surface area contributed by atoms with Gasteiger partial charge in [0, 0.05) is 38.1 Å². The van der Waals surface area contributed by atoms with Crippen LogP contribution >= 0.6 is 0 Å². The summed E-state index contributed by atoms with van der Waals surface area (Å²) in [5, 5.41) is 8.94. The molecule has 1 N–H and O–H groups in total. The largest absolute Gasteiger partial charge is 0.396 e. The maximum absolute atomic E-state index is 8.94. The summed E-state index contributed by atoms with van der Waals surface area (Å²) < 4.78 is 0. The van der Waals surface area contributed by atoms with Crippen LogP contribution in [0, 0.1) is 0 Å². The summed E-state index contributed by atoms with van der Waals surface area (Å²) in [4.78, 5) is 6.58. The summed E-state index contributed by atoms with van der Waals surface area (Å²) in [5.41, 5.74) is 1.35. The van der Waals surface area contributed by atoms with Crippen molar-refractivity contribution >= 4 is 0 Å². The number of aliphatic hydroxyl groups excluding tert-OH is 1. The molecule has 17 heavy (non-hydrogen) atoms. The summed E-state index contributed by atoms with van der Waals surface area (Å²) >= 11 is 0. The maximum Gasteiger partial charge on any atom is 0.0443 e. The Labute approximate surface area is 103 Å². The number of nitrogens with zero attached hydrogens (tertiary/aromatic N) is 2. The minimum Gasteiger partial charge on any atom is -0.396 e. The second kappa shape index (κ2) is 6.72. The molecule has 0 amide bonds. The summed E-state index contributed by atoms with van der Waals surface area (Å²) in [6.07, 6.45) is 9.74. The molecule has 0 saturated heterocycles. The molecule has 0 spiro atoms. The van der Waals surface area contributed by atoms with E-state index in [1.54, 1.807) is 0 Å². The SMILES string of the molecule is OCCCN(CCc1ccncc1)C1CCC1. The van der Waals surface area contributed by atoms with Gasteiger partial charge >= 0.3 is 0 Å². The topological polar surface area (TPSA) is 36.4 Å². The molecule has 1 aliphatic carbocycles. The van der Waals surface area contributed by atoms with E-state index in [-0.39, 0.29) is 0 Å². The normalized spacial score (nSPS) is 16.1. The minimum absolute atomic E-state index is 0.304. The van der Waals surface area contributed by atoms with Crippen molar-refractivity contribution in [1.82, 2.24) is 9.88 Å². The van der Waals surface area contributed by atoms with Crippen LogP contribution in [-0.2, 0) is 6.42 Å². The highest BCUT2D eigenvalue weighted by molar-refractivity contribution is 5.10. The molecule has 3 heteroatoms. The van der Waals surface area contributed by atoms with Crippen LogP contribution in [0.2, 0.25) is 0 Å². The van der Waals surface area contributed by atoms with Crippen molar-refractivity contribution in [3.63, 3.8) is 0 Å². The first kappa shape index (κ1) is 12.5. The van der Waals surface area contributed by atoms with Gasteiger partial charge in [-0.3, -0.25) is 9.88 Å². The Hall–Kier alpha value is -0.930. The Morgan fingerprint density at radius 2 is 2.00 bits per heavy atom. The molecule has 1 saturated carbocycles. The Bertz CT molecular complexity index is 311. The fourth-order valence-corrected chi connectivity index (χ4v) is 2.32. The zero-order valence-electron chi connectivity index (χ0n) is 10.4. The molecule has 1 aromatic rings. The summed E-state index contributed by atoms with van der Waals surface area (Å²) in [6.45, 7) is 2.44. The number of hydrogen-bond donors (Lipinski definition) is 1. The number of rotatable bonds is 7. The van der Waals surface area contributed by atoms with Crippen molar-refractivity contribution < 1.29 is 5.11 Å². The first-order valence-corrected chi connectivity index (χ1v) is 6.64. The number of aromatic nitrogens is 1. The minimum atomic E-state index is 0.304. The quantitative estimate of drug-likeness (QED) is 0.782. The molecule has 0 unspecified atom stereocenters. The molecule has 0 radical (unpaired) electrons. The molecular formula is C14H22N2O. The average molecular weight is 234 g/mol. The molecule has 1 fully saturated rings. The van der Waals surface area contributed by atoms with Gasteiger partial charge in [0.1, 0.15) is 0 Å². The zero-order chi connectivity index (χ0) is 11.9. The van der Waals surface area contributed by atoms with E-state index >= 15 is 0 Å². The van der Waals surface area contributed by atoms with Crippen molar-refractivity contribution in [3.05, 3.63) is 30.1 Å². The van der Waals surface area contributed by atoms with Crippen LogP contribution in [-0.4, -0.2) is 40.7 Å². The van der Waals surface area contributed by atoms with Gasteiger partial charge in [0.15, 0.2) is 0 Å². The van der Waals surface area contributed by atoms with Crippen LogP contribution in [0.1, 0.15) is 31.2 Å². The highest BCUT2D eigenvalue weighted by Crippen LogP contribution is 2.25. The third-order valence-electron chi connectivity index (χ3n) is 3.63. The van der Waals surface area contributed by atoms with Crippen molar-refractivity contribution in [2.75, 3.05) is 19.7 Å². The van der Waals surface area contributed by atoms with Gasteiger partial charge in [-0.15, -0.1) is 0 Å². The molecule has 1 heterocycles. The maximum atomic E-state index is 8.94. The predicted octanol–water partition coefficient (Wildman–Crippen LogP) is 1.86. The third kappa shape index (κ3) is 3.79. The van der Waals surface area contributed by atoms with Crippen molar-refractivity contribution in [1.29, 1.82) is 0 Å². The van der Waals surface area contributed by atoms with E-state index in [4.69, 9.17) is 5.11 Å². The molecule has 0 atom stereocenters. The Balaban J connectivity index is 1.80. The van der Waals surface area contributed by atoms with Gasteiger partial charge in [-0.05, 0) is 43.4 Å². The summed E-state index contributed by atoms with van der Waals surface area (Å²) in [6, 6.07) is 4.94. The molecule has 0 bridgehead atoms. The molecule has 0 aliphatic heterocycles. The zero-order valence-corrected chi connectivity index (χ0v) is 10.4. The summed E-state index contributed by atoms with van der Waals surface area (Å²) in [7, 11) is 0. The van der Waals surface area contributed by atoms with Crippen molar-refractivity contribution in [3.8, 4) is 0 Å². The number of hydrogen-bond acceptors (Lipinski definition) is 3. The first-order valence-electron chi connectivity index (χ1n) is 6.64. The smallest absolute Gasteiger partial charge is 0.0443 e. The Kier molecular flexibility index (Phi) is 4.95. The molecule has 1 aliphatic rings. The standard InChI is InChI=1S/C14H22N2O/c17-12-2-10-16(14-3-1-4-14)11-7-13-5-8-15-9-6-13/h5-6,8-9,14,17H,1-4,7,10-12H2. The van der Waals surface area contributed by atoms with Crippen LogP contribution < -0.4 is 0 Å².